The molecular formula is C9H11ClF3N. The number of hydrogen-bond donors (Lipinski definition) is 1. The monoisotopic (exact) mass is 225 g/mol. The molecule has 1 rings (SSSR count). The van der Waals surface area contributed by atoms with Crippen LogP contribution in [0.4, 0.5) is 13.2 Å². The van der Waals surface area contributed by atoms with Crippen LogP contribution in [0.3, 0.4) is 0 Å². The predicted molar refractivity (Wildman–Crippen MR) is 51.5 cm³/mol. The second kappa shape index (κ2) is 5.22. The summed E-state index contributed by atoms with van der Waals surface area (Å²) in [6.45, 7) is -0.409. The van der Waals surface area contributed by atoms with Gasteiger partial charge in [0.1, 0.15) is 0 Å². The van der Waals surface area contributed by atoms with Gasteiger partial charge in [-0.3, -0.25) is 0 Å². The van der Waals surface area contributed by atoms with Crippen LogP contribution in [0.2, 0.25) is 0 Å². The van der Waals surface area contributed by atoms with Gasteiger partial charge >= 0.3 is 6.18 Å². The van der Waals surface area contributed by atoms with Gasteiger partial charge in [-0.25, -0.2) is 0 Å². The number of benzene rings is 1. The molecule has 80 valence electrons. The number of nitrogens with two attached hydrogens (primary N) is 1. The van der Waals surface area contributed by atoms with Gasteiger partial charge in [0.2, 0.25) is 0 Å². The molecule has 0 fully saturated rings. The van der Waals surface area contributed by atoms with E-state index in [0.717, 1.165) is 0 Å². The summed E-state index contributed by atoms with van der Waals surface area (Å²) in [4.78, 5) is 0. The molecule has 5 heteroatoms. The Morgan fingerprint density at radius 1 is 1.14 bits per heavy atom. The van der Waals surface area contributed by atoms with Crippen LogP contribution in [-0.2, 0) is 0 Å². The van der Waals surface area contributed by atoms with E-state index in [1.54, 1.807) is 18.2 Å². The Balaban J connectivity index is 0.00000169. The summed E-state index contributed by atoms with van der Waals surface area (Å²) in [5.41, 5.74) is 5.29. The average molecular weight is 226 g/mol. The Morgan fingerprint density at radius 3 is 2.00 bits per heavy atom. The Labute approximate surface area is 86.5 Å². The van der Waals surface area contributed by atoms with Crippen molar-refractivity contribution in [2.24, 2.45) is 5.73 Å². The minimum Gasteiger partial charge on any atom is -0.330 e. The van der Waals surface area contributed by atoms with E-state index in [0.29, 0.717) is 0 Å². The highest BCUT2D eigenvalue weighted by Gasteiger charge is 2.39. The molecule has 0 heterocycles. The normalized spacial score (nSPS) is 13.1. The van der Waals surface area contributed by atoms with E-state index in [-0.39, 0.29) is 18.0 Å². The SMILES string of the molecule is Cl.NCC(c1ccccc1)C(F)(F)F. The molecular weight excluding hydrogens is 215 g/mol. The van der Waals surface area contributed by atoms with Crippen LogP contribution in [0.25, 0.3) is 0 Å². The van der Waals surface area contributed by atoms with Crippen molar-refractivity contribution < 1.29 is 13.2 Å². The molecule has 0 saturated heterocycles. The van der Waals surface area contributed by atoms with Gasteiger partial charge in [-0.1, -0.05) is 30.3 Å². The van der Waals surface area contributed by atoms with Crippen LogP contribution in [0, 0.1) is 0 Å². The van der Waals surface area contributed by atoms with Gasteiger partial charge in [0, 0.05) is 6.54 Å². The first kappa shape index (κ1) is 13.3. The third kappa shape index (κ3) is 3.20. The molecule has 0 radical (unpaired) electrons. The Morgan fingerprint density at radius 2 is 1.64 bits per heavy atom. The first-order valence-electron chi connectivity index (χ1n) is 3.87. The Bertz CT molecular complexity index is 261. The smallest absolute Gasteiger partial charge is 0.330 e. The molecule has 0 saturated carbocycles. The zero-order valence-electron chi connectivity index (χ0n) is 7.29. The van der Waals surface area contributed by atoms with Gasteiger partial charge < -0.3 is 5.73 Å². The maximum atomic E-state index is 12.3. The van der Waals surface area contributed by atoms with E-state index in [2.05, 4.69) is 0 Å². The van der Waals surface area contributed by atoms with E-state index < -0.39 is 18.6 Å². The fraction of sp³-hybridized carbons (Fsp3) is 0.333. The molecule has 0 aliphatic carbocycles. The van der Waals surface area contributed by atoms with Crippen LogP contribution >= 0.6 is 12.4 Å². The summed E-state index contributed by atoms with van der Waals surface area (Å²) in [5, 5.41) is 0. The quantitative estimate of drug-likeness (QED) is 0.823. The Kier molecular flexibility index (Phi) is 4.94. The van der Waals surface area contributed by atoms with E-state index >= 15 is 0 Å². The number of alkyl halides is 3. The lowest BCUT2D eigenvalue weighted by molar-refractivity contribution is -0.148. The highest BCUT2D eigenvalue weighted by molar-refractivity contribution is 5.85. The van der Waals surface area contributed by atoms with Crippen LogP contribution in [0.1, 0.15) is 11.5 Å². The summed E-state index contributed by atoms with van der Waals surface area (Å²) in [6, 6.07) is 7.69. The van der Waals surface area contributed by atoms with E-state index in [1.165, 1.54) is 12.1 Å². The lowest BCUT2D eigenvalue weighted by Crippen LogP contribution is -2.27. The molecule has 0 aliphatic heterocycles. The van der Waals surface area contributed by atoms with Crippen LogP contribution in [-0.4, -0.2) is 12.7 Å². The van der Waals surface area contributed by atoms with Crippen molar-refractivity contribution in [3.63, 3.8) is 0 Å². The average Bonchev–Trinajstić information content (AvgIpc) is 2.05. The lowest BCUT2D eigenvalue weighted by atomic mass is 9.99. The molecule has 1 atom stereocenters. The standard InChI is InChI=1S/C9H10F3N.ClH/c10-9(11,12)8(6-13)7-4-2-1-3-5-7;/h1-5,8H,6,13H2;1H. The summed E-state index contributed by atoms with van der Waals surface area (Å²) in [7, 11) is 0. The minimum atomic E-state index is -4.25. The molecule has 2 N–H and O–H groups in total. The van der Waals surface area contributed by atoms with Gasteiger partial charge in [-0.05, 0) is 5.56 Å². The topological polar surface area (TPSA) is 26.0 Å². The highest BCUT2D eigenvalue weighted by atomic mass is 35.5. The third-order valence-electron chi connectivity index (χ3n) is 1.83. The number of hydrogen-bond acceptors (Lipinski definition) is 1. The van der Waals surface area contributed by atoms with E-state index in [4.69, 9.17) is 5.73 Å². The van der Waals surface area contributed by atoms with Crippen molar-refractivity contribution in [1.82, 2.24) is 0 Å². The second-order valence-electron chi connectivity index (χ2n) is 2.74. The maximum absolute atomic E-state index is 12.3. The molecule has 0 aliphatic rings. The summed E-state index contributed by atoms with van der Waals surface area (Å²) in [5.74, 6) is -1.55. The summed E-state index contributed by atoms with van der Waals surface area (Å²) < 4.78 is 37.0. The Hall–Kier alpha value is -0.740. The van der Waals surface area contributed by atoms with Gasteiger partial charge in [0.25, 0.3) is 0 Å². The number of rotatable bonds is 2. The summed E-state index contributed by atoms with van der Waals surface area (Å²) in [6.07, 6.45) is -4.25. The first-order valence-corrected chi connectivity index (χ1v) is 3.87. The lowest BCUT2D eigenvalue weighted by Gasteiger charge is -2.18. The van der Waals surface area contributed by atoms with Crippen molar-refractivity contribution >= 4 is 12.4 Å². The molecule has 0 bridgehead atoms. The minimum absolute atomic E-state index is 0. The van der Waals surface area contributed by atoms with Gasteiger partial charge in [-0.2, -0.15) is 13.2 Å². The van der Waals surface area contributed by atoms with Gasteiger partial charge in [0.05, 0.1) is 5.92 Å². The van der Waals surface area contributed by atoms with Crippen LogP contribution in [0.15, 0.2) is 30.3 Å². The van der Waals surface area contributed by atoms with Gasteiger partial charge in [0.15, 0.2) is 0 Å². The second-order valence-corrected chi connectivity index (χ2v) is 2.74. The van der Waals surface area contributed by atoms with Crippen molar-refractivity contribution in [1.29, 1.82) is 0 Å². The molecule has 0 spiro atoms. The highest BCUT2D eigenvalue weighted by Crippen LogP contribution is 2.33. The molecule has 1 aromatic carbocycles. The zero-order chi connectivity index (χ0) is 9.90. The van der Waals surface area contributed by atoms with Gasteiger partial charge in [-0.15, -0.1) is 12.4 Å². The first-order chi connectivity index (χ1) is 6.05. The fourth-order valence-electron chi connectivity index (χ4n) is 1.14. The molecule has 14 heavy (non-hydrogen) atoms. The molecule has 0 aromatic heterocycles. The van der Waals surface area contributed by atoms with E-state index in [9.17, 15) is 13.2 Å². The van der Waals surface area contributed by atoms with Crippen molar-refractivity contribution in [3.05, 3.63) is 35.9 Å². The number of halogens is 4. The largest absolute Gasteiger partial charge is 0.396 e. The van der Waals surface area contributed by atoms with Crippen molar-refractivity contribution in [2.75, 3.05) is 6.54 Å². The zero-order valence-corrected chi connectivity index (χ0v) is 8.11. The fourth-order valence-corrected chi connectivity index (χ4v) is 1.14. The predicted octanol–water partition coefficient (Wildman–Crippen LogP) is 2.71. The van der Waals surface area contributed by atoms with Crippen molar-refractivity contribution in [3.8, 4) is 0 Å². The third-order valence-corrected chi connectivity index (χ3v) is 1.83. The summed E-state index contributed by atoms with van der Waals surface area (Å²) >= 11 is 0. The van der Waals surface area contributed by atoms with Crippen LogP contribution in [0.5, 0.6) is 0 Å². The molecule has 1 unspecified atom stereocenters. The van der Waals surface area contributed by atoms with E-state index in [1.807, 2.05) is 0 Å². The maximum Gasteiger partial charge on any atom is 0.396 e. The van der Waals surface area contributed by atoms with Crippen LogP contribution < -0.4 is 5.73 Å². The van der Waals surface area contributed by atoms with Crippen molar-refractivity contribution in [2.45, 2.75) is 12.1 Å². The molecule has 1 aromatic rings. The molecule has 1 nitrogen and oxygen atoms in total. The molecule has 0 amide bonds.